The molecule has 0 unspecified atom stereocenters. The number of aromatic nitrogens is 2. The van der Waals surface area contributed by atoms with E-state index >= 15 is 0 Å². The van der Waals surface area contributed by atoms with Gasteiger partial charge in [0.25, 0.3) is 0 Å². The summed E-state index contributed by atoms with van der Waals surface area (Å²) in [7, 11) is 0. The lowest BCUT2D eigenvalue weighted by atomic mass is 10.2. The number of nitrogens with zero attached hydrogens (tertiary/aromatic N) is 3. The predicted octanol–water partition coefficient (Wildman–Crippen LogP) is 6.71. The van der Waals surface area contributed by atoms with Crippen molar-refractivity contribution in [3.05, 3.63) is 106 Å². The quantitative estimate of drug-likeness (QED) is 0.226. The van der Waals surface area contributed by atoms with E-state index in [4.69, 9.17) is 22.1 Å². The van der Waals surface area contributed by atoms with Gasteiger partial charge in [0.05, 0.1) is 12.3 Å². The number of para-hydroxylation sites is 1. The van der Waals surface area contributed by atoms with Crippen molar-refractivity contribution in [2.75, 3.05) is 12.3 Å². The van der Waals surface area contributed by atoms with Gasteiger partial charge in [-0.25, -0.2) is 14.8 Å². The number of ether oxygens (including phenoxy) is 1. The van der Waals surface area contributed by atoms with E-state index in [-0.39, 0.29) is 11.5 Å². The lowest BCUT2D eigenvalue weighted by Gasteiger charge is -2.04. The van der Waals surface area contributed by atoms with Crippen molar-refractivity contribution in [1.82, 2.24) is 9.55 Å². The molecule has 0 saturated heterocycles. The van der Waals surface area contributed by atoms with Gasteiger partial charge >= 0.3 is 5.97 Å². The molecule has 4 aromatic rings. The van der Waals surface area contributed by atoms with Gasteiger partial charge in [-0.1, -0.05) is 75.6 Å². The molecule has 0 spiro atoms. The Morgan fingerprint density at radius 3 is 2.32 bits per heavy atom. The fraction of sp³-hybridized carbons (Fsp3) is 0.115. The molecule has 0 aliphatic rings. The lowest BCUT2D eigenvalue weighted by molar-refractivity contribution is 0.0521. The van der Waals surface area contributed by atoms with E-state index in [1.54, 1.807) is 11.5 Å². The predicted molar refractivity (Wildman–Crippen MR) is 141 cm³/mol. The molecule has 0 aliphatic carbocycles. The molecular formula is C26H24BrClN4O2. The van der Waals surface area contributed by atoms with Crippen LogP contribution in [-0.2, 0) is 4.74 Å². The minimum atomic E-state index is -0.500. The van der Waals surface area contributed by atoms with E-state index in [1.165, 1.54) is 11.9 Å². The number of anilines is 1. The molecule has 34 heavy (non-hydrogen) atoms. The summed E-state index contributed by atoms with van der Waals surface area (Å²) in [4.78, 5) is 19.9. The summed E-state index contributed by atoms with van der Waals surface area (Å²) in [6.45, 7) is 4.09. The summed E-state index contributed by atoms with van der Waals surface area (Å²) >= 11 is 9.55. The highest BCUT2D eigenvalue weighted by molar-refractivity contribution is 9.10. The Morgan fingerprint density at radius 2 is 1.71 bits per heavy atom. The van der Waals surface area contributed by atoms with Gasteiger partial charge in [0.1, 0.15) is 17.3 Å². The maximum absolute atomic E-state index is 11.5. The molecule has 1 heterocycles. The second-order valence-electron chi connectivity index (χ2n) is 7.15. The molecule has 3 aromatic carbocycles. The number of hydrogen-bond donors (Lipinski definition) is 1. The van der Waals surface area contributed by atoms with Gasteiger partial charge in [0, 0.05) is 15.7 Å². The van der Waals surface area contributed by atoms with Crippen molar-refractivity contribution in [3.8, 4) is 5.69 Å². The molecule has 0 aliphatic heterocycles. The number of aliphatic imine (C=N–C) groups is 1. The van der Waals surface area contributed by atoms with Crippen LogP contribution in [0.15, 0.2) is 94.7 Å². The van der Waals surface area contributed by atoms with Crippen LogP contribution in [0.4, 0.5) is 11.5 Å². The van der Waals surface area contributed by atoms with Crippen LogP contribution in [0.1, 0.15) is 28.5 Å². The second-order valence-corrected chi connectivity index (χ2v) is 8.42. The van der Waals surface area contributed by atoms with Crippen LogP contribution in [0.5, 0.6) is 0 Å². The number of halogens is 2. The Kier molecular flexibility index (Phi) is 9.01. The smallest absolute Gasteiger partial charge is 0.360 e. The molecule has 0 radical (unpaired) electrons. The van der Waals surface area contributed by atoms with Crippen LogP contribution in [0.2, 0.25) is 0 Å². The first kappa shape index (κ1) is 25.2. The highest BCUT2D eigenvalue weighted by Crippen LogP contribution is 2.20. The molecule has 2 N–H and O–H groups in total. The highest BCUT2D eigenvalue weighted by atomic mass is 79.9. The van der Waals surface area contributed by atoms with Crippen LogP contribution < -0.4 is 5.73 Å². The lowest BCUT2D eigenvalue weighted by Crippen LogP contribution is -2.09. The Balaban J connectivity index is 0.000000191. The molecule has 0 atom stereocenters. The fourth-order valence-electron chi connectivity index (χ4n) is 2.89. The summed E-state index contributed by atoms with van der Waals surface area (Å²) in [6.07, 6.45) is 1.51. The van der Waals surface area contributed by atoms with E-state index in [0.29, 0.717) is 11.8 Å². The van der Waals surface area contributed by atoms with Gasteiger partial charge in [-0.15, -0.1) is 0 Å². The van der Waals surface area contributed by atoms with Crippen LogP contribution >= 0.6 is 27.5 Å². The number of benzene rings is 3. The molecule has 1 aromatic heterocycles. The van der Waals surface area contributed by atoms with Gasteiger partial charge in [-0.3, -0.25) is 4.57 Å². The van der Waals surface area contributed by atoms with Gasteiger partial charge in [-0.2, -0.15) is 0 Å². The van der Waals surface area contributed by atoms with Crippen molar-refractivity contribution in [3.63, 3.8) is 0 Å². The van der Waals surface area contributed by atoms with Crippen LogP contribution in [0.25, 0.3) is 5.69 Å². The van der Waals surface area contributed by atoms with Gasteiger partial charge in [0.15, 0.2) is 5.69 Å². The SMILES string of the molecule is CCOC(=O)c1ncn(-c2ccccc2)c1N.Cc1ccc(C(Cl)=Nc2ccc(Br)cc2)cc1. The number of carbonyl (C=O) groups excluding carboxylic acids is 1. The maximum Gasteiger partial charge on any atom is 0.360 e. The molecule has 0 fully saturated rings. The Labute approximate surface area is 212 Å². The number of imidazole rings is 1. The third kappa shape index (κ3) is 6.79. The zero-order chi connectivity index (χ0) is 24.5. The van der Waals surface area contributed by atoms with E-state index in [2.05, 4.69) is 25.9 Å². The number of nitrogens with two attached hydrogens (primary N) is 1. The van der Waals surface area contributed by atoms with Crippen LogP contribution in [0, 0.1) is 6.92 Å². The standard InChI is InChI=1S/C14H11BrClN.C12H13N3O2/c1-10-2-4-11(5-3-10)14(16)17-13-8-6-12(15)7-9-13;1-2-17-12(16)10-11(13)15(8-14-10)9-6-4-3-5-7-9/h2-9H,1H3;3-8H,2,13H2,1H3. The van der Waals surface area contributed by atoms with E-state index in [9.17, 15) is 4.79 Å². The van der Waals surface area contributed by atoms with Crippen molar-refractivity contribution in [2.24, 2.45) is 4.99 Å². The summed E-state index contributed by atoms with van der Waals surface area (Å²) in [6, 6.07) is 25.2. The van der Waals surface area contributed by atoms with Crippen molar-refractivity contribution < 1.29 is 9.53 Å². The summed E-state index contributed by atoms with van der Waals surface area (Å²) in [5, 5.41) is 0.507. The fourth-order valence-corrected chi connectivity index (χ4v) is 3.38. The zero-order valence-corrected chi connectivity index (χ0v) is 21.1. The number of rotatable bonds is 5. The Hall–Kier alpha value is -3.42. The first-order valence-corrected chi connectivity index (χ1v) is 11.7. The van der Waals surface area contributed by atoms with Crippen LogP contribution in [0.3, 0.4) is 0 Å². The summed E-state index contributed by atoms with van der Waals surface area (Å²) in [5.74, 6) is -0.214. The van der Waals surface area contributed by atoms with Crippen molar-refractivity contribution in [1.29, 1.82) is 0 Å². The molecule has 4 rings (SSSR count). The first-order chi connectivity index (χ1) is 16.4. The third-order valence-electron chi connectivity index (χ3n) is 4.65. The molecule has 6 nitrogen and oxygen atoms in total. The third-order valence-corrected chi connectivity index (χ3v) is 5.48. The number of carbonyl (C=O) groups is 1. The number of hydrogen-bond acceptors (Lipinski definition) is 5. The van der Waals surface area contributed by atoms with E-state index < -0.39 is 5.97 Å². The molecule has 174 valence electrons. The zero-order valence-electron chi connectivity index (χ0n) is 18.8. The molecular weight excluding hydrogens is 516 g/mol. The number of aryl methyl sites for hydroxylation is 1. The maximum atomic E-state index is 11.5. The Morgan fingerprint density at radius 1 is 1.06 bits per heavy atom. The van der Waals surface area contributed by atoms with Gasteiger partial charge in [-0.05, 0) is 50.2 Å². The van der Waals surface area contributed by atoms with E-state index in [1.807, 2.05) is 85.8 Å². The summed E-state index contributed by atoms with van der Waals surface area (Å²) < 4.78 is 7.54. The second kappa shape index (κ2) is 12.2. The van der Waals surface area contributed by atoms with Crippen LogP contribution in [-0.4, -0.2) is 27.3 Å². The summed E-state index contributed by atoms with van der Waals surface area (Å²) in [5.41, 5.74) is 9.86. The number of esters is 1. The highest BCUT2D eigenvalue weighted by Gasteiger charge is 2.17. The first-order valence-electron chi connectivity index (χ1n) is 10.5. The molecule has 0 saturated carbocycles. The molecule has 8 heteroatoms. The minimum absolute atomic E-state index is 0.149. The molecule has 0 amide bonds. The topological polar surface area (TPSA) is 82.5 Å². The normalized spacial score (nSPS) is 10.9. The monoisotopic (exact) mass is 538 g/mol. The van der Waals surface area contributed by atoms with E-state index in [0.717, 1.165) is 21.4 Å². The van der Waals surface area contributed by atoms with Gasteiger partial charge in [0.2, 0.25) is 0 Å². The average molecular weight is 540 g/mol. The Bertz CT molecular complexity index is 1250. The minimum Gasteiger partial charge on any atom is -0.461 e. The number of nitrogen functional groups attached to an aromatic ring is 1. The average Bonchev–Trinajstić information content (AvgIpc) is 3.23. The molecule has 0 bridgehead atoms. The van der Waals surface area contributed by atoms with Crippen molar-refractivity contribution >= 4 is 50.2 Å². The largest absolute Gasteiger partial charge is 0.461 e. The van der Waals surface area contributed by atoms with Gasteiger partial charge < -0.3 is 10.5 Å². The van der Waals surface area contributed by atoms with Crippen molar-refractivity contribution in [2.45, 2.75) is 13.8 Å².